The van der Waals surface area contributed by atoms with Crippen molar-refractivity contribution in [2.24, 2.45) is 0 Å². The second kappa shape index (κ2) is 11.5. The first-order chi connectivity index (χ1) is 20.1. The first-order valence-electron chi connectivity index (χ1n) is 11.7. The van der Waals surface area contributed by atoms with E-state index in [0.717, 1.165) is 30.8 Å². The van der Waals surface area contributed by atoms with Gasteiger partial charge in [-0.15, -0.1) is 11.3 Å². The molecule has 2 aromatic carbocycles. The minimum Gasteiger partial charge on any atom is -0.504 e. The summed E-state index contributed by atoms with van der Waals surface area (Å²) >= 11 is 0.728. The number of ether oxygens (including phenoxy) is 1. The number of carbonyl (C=O) groups is 1. The average molecular weight is 649 g/mol. The van der Waals surface area contributed by atoms with E-state index in [1.807, 2.05) is 0 Å². The summed E-state index contributed by atoms with van der Waals surface area (Å²) in [6.45, 7) is 1.04. The molecule has 0 radical (unpaired) electrons. The molecule has 18 N–H and O–H groups in total. The maximum Gasteiger partial charge on any atom is 0.291 e. The summed E-state index contributed by atoms with van der Waals surface area (Å²) in [5.74, 6) is -22.9. The van der Waals surface area contributed by atoms with Gasteiger partial charge in [-0.2, -0.15) is 0 Å². The van der Waals surface area contributed by atoms with Crippen LogP contribution in [0.2, 0.25) is 0 Å². The number of aliphatic hydroxyl groups is 6. The maximum atomic E-state index is 12.5. The summed E-state index contributed by atoms with van der Waals surface area (Å²) in [7, 11) is 0.821. The molecule has 0 spiro atoms. The van der Waals surface area contributed by atoms with Crippen LogP contribution in [0.15, 0.2) is 5.38 Å². The Kier molecular flexibility index (Phi) is 8.86. The van der Waals surface area contributed by atoms with E-state index in [9.17, 15) is 76.3 Å². The number of rotatable bonds is 10. The van der Waals surface area contributed by atoms with E-state index in [-0.39, 0.29) is 5.13 Å². The van der Waals surface area contributed by atoms with Crippen molar-refractivity contribution in [2.45, 2.75) is 37.1 Å². The first-order valence-corrected chi connectivity index (χ1v) is 12.6. The Labute approximate surface area is 248 Å². The summed E-state index contributed by atoms with van der Waals surface area (Å²) in [5, 5.41) is 148. The number of nitrogen functional groups attached to an aromatic ring is 1. The van der Waals surface area contributed by atoms with Gasteiger partial charge < -0.3 is 87.3 Å². The third-order valence-corrected chi connectivity index (χ3v) is 6.96. The Bertz CT molecular complexity index is 1550. The van der Waals surface area contributed by atoms with Crippen LogP contribution < -0.4 is 16.4 Å². The molecule has 1 heterocycles. The molecule has 21 heteroatoms. The zero-order valence-corrected chi connectivity index (χ0v) is 23.2. The highest BCUT2D eigenvalue weighted by Crippen LogP contribution is 2.52. The Morgan fingerprint density at radius 2 is 1.41 bits per heavy atom. The van der Waals surface area contributed by atoms with Crippen molar-refractivity contribution in [2.75, 3.05) is 18.2 Å². The van der Waals surface area contributed by atoms with E-state index in [1.165, 1.54) is 5.32 Å². The van der Waals surface area contributed by atoms with Crippen LogP contribution in [0.5, 0.6) is 46.0 Å². The largest absolute Gasteiger partial charge is 0.504 e. The van der Waals surface area contributed by atoms with Crippen LogP contribution in [-0.2, 0) is 21.7 Å². The quantitative estimate of drug-likeness (QED) is 0.0601. The molecule has 3 rings (SSSR count). The van der Waals surface area contributed by atoms with Crippen molar-refractivity contribution in [1.82, 2.24) is 10.3 Å². The number of carbonyl (C=O) groups excluding carboxylic acids is 1. The monoisotopic (exact) mass is 648 g/mol. The third-order valence-electron chi connectivity index (χ3n) is 6.29. The number of nitrogens with two attached hydrogens (primary N) is 1. The Hall–Kier alpha value is -4.58. The predicted molar refractivity (Wildman–Crippen MR) is 143 cm³/mol. The van der Waals surface area contributed by atoms with Crippen molar-refractivity contribution in [3.05, 3.63) is 27.8 Å². The molecule has 0 saturated carbocycles. The molecule has 1 unspecified atom stereocenters. The van der Waals surface area contributed by atoms with E-state index >= 15 is 0 Å². The molecular weight excluding hydrogens is 620 g/mol. The molecular formula is C23H28N4O16S. The summed E-state index contributed by atoms with van der Waals surface area (Å²) < 4.78 is 4.89. The number of hydrogen-bond acceptors (Lipinski definition) is 20. The number of hydrogen-bond donors (Lipinski definition) is 17. The van der Waals surface area contributed by atoms with Gasteiger partial charge in [0, 0.05) is 30.0 Å². The molecule has 0 fully saturated rings. The van der Waals surface area contributed by atoms with Crippen molar-refractivity contribution >= 4 is 28.1 Å². The van der Waals surface area contributed by atoms with Gasteiger partial charge in [0.15, 0.2) is 45.7 Å². The zero-order chi connectivity index (χ0) is 33.7. The molecule has 1 aromatic heterocycles. The number of aromatic nitrogens is 1. The fourth-order valence-corrected chi connectivity index (χ4v) is 4.69. The average Bonchev–Trinajstić information content (AvgIpc) is 3.38. The fourth-order valence-electron chi connectivity index (χ4n) is 4.09. The Morgan fingerprint density at radius 1 is 0.886 bits per heavy atom. The minimum atomic E-state index is -3.66. The van der Waals surface area contributed by atoms with Crippen molar-refractivity contribution < 1.29 is 81.0 Å². The number of phenols is 8. The number of thiazole rings is 1. The highest BCUT2D eigenvalue weighted by atomic mass is 32.1. The third kappa shape index (κ3) is 5.94. The normalized spacial score (nSPS) is 13.2. The van der Waals surface area contributed by atoms with Crippen LogP contribution in [-0.4, -0.2) is 101 Å². The lowest BCUT2D eigenvalue weighted by Gasteiger charge is -2.37. The lowest BCUT2D eigenvalue weighted by molar-refractivity contribution is -0.320. The van der Waals surface area contributed by atoms with E-state index in [2.05, 4.69) is 4.98 Å². The molecule has 0 aliphatic rings. The van der Waals surface area contributed by atoms with Gasteiger partial charge in [-0.25, -0.2) is 10.3 Å². The molecule has 44 heavy (non-hydrogen) atoms. The van der Waals surface area contributed by atoms with E-state index < -0.39 is 110 Å². The molecule has 0 bridgehead atoms. The van der Waals surface area contributed by atoms with Gasteiger partial charge in [-0.05, 0) is 6.92 Å². The number of methoxy groups -OCH3 is 1. The summed E-state index contributed by atoms with van der Waals surface area (Å²) in [5.41, 5.74) is 1.22. The topological polar surface area (TPSA) is 372 Å². The second-order valence-corrected chi connectivity index (χ2v) is 10.2. The second-order valence-electron chi connectivity index (χ2n) is 9.34. The number of nitrogens with one attached hydrogen (secondary N) is 2. The molecule has 20 nitrogen and oxygen atoms in total. The molecule has 0 saturated heterocycles. The summed E-state index contributed by atoms with van der Waals surface area (Å²) in [4.78, 5) is 16.0. The van der Waals surface area contributed by atoms with Crippen LogP contribution in [0.1, 0.15) is 28.5 Å². The Balaban J connectivity index is 1.95. The van der Waals surface area contributed by atoms with Gasteiger partial charge in [0.2, 0.25) is 17.4 Å². The van der Waals surface area contributed by atoms with Crippen molar-refractivity contribution in [1.29, 1.82) is 0 Å². The first kappa shape index (κ1) is 33.9. The van der Waals surface area contributed by atoms with Crippen molar-refractivity contribution in [3.8, 4) is 46.0 Å². The number of aromatic hydroxyl groups is 8. The molecule has 242 valence electrons. The number of amides is 1. The molecule has 1 amide bonds. The lowest BCUT2D eigenvalue weighted by Crippen LogP contribution is -2.62. The SMILES string of the molecule is COC(c1c(C)c(O)c(O)c(O)c1O)C(O)(O)NC(O)(O)Cc1c(O)c(O)c(NC(=O)C(O)(O)c2csc(N)n2)c(O)c1O. The molecule has 1 atom stereocenters. The number of nitrogens with zero attached hydrogens (tertiary/aromatic N) is 1. The van der Waals surface area contributed by atoms with Gasteiger partial charge in [0.1, 0.15) is 11.4 Å². The lowest BCUT2D eigenvalue weighted by atomic mass is 9.96. The van der Waals surface area contributed by atoms with E-state index in [4.69, 9.17) is 10.5 Å². The van der Waals surface area contributed by atoms with Crippen molar-refractivity contribution in [3.63, 3.8) is 0 Å². The highest BCUT2D eigenvalue weighted by molar-refractivity contribution is 7.13. The maximum absolute atomic E-state index is 12.5. The predicted octanol–water partition coefficient (Wildman–Crippen LogP) is -2.75. The summed E-state index contributed by atoms with van der Waals surface area (Å²) in [6, 6.07) is 0. The van der Waals surface area contributed by atoms with Gasteiger partial charge >= 0.3 is 0 Å². The van der Waals surface area contributed by atoms with Crippen LogP contribution in [0, 0.1) is 6.92 Å². The number of anilines is 2. The smallest absolute Gasteiger partial charge is 0.291 e. The molecule has 0 aliphatic carbocycles. The van der Waals surface area contributed by atoms with Gasteiger partial charge in [0.25, 0.3) is 17.6 Å². The van der Waals surface area contributed by atoms with E-state index in [0.29, 0.717) is 0 Å². The van der Waals surface area contributed by atoms with Gasteiger partial charge in [-0.3, -0.25) is 4.79 Å². The van der Waals surface area contributed by atoms with E-state index in [1.54, 1.807) is 5.32 Å². The zero-order valence-electron chi connectivity index (χ0n) is 22.4. The van der Waals surface area contributed by atoms with Crippen LogP contribution in [0.4, 0.5) is 10.8 Å². The van der Waals surface area contributed by atoms with Crippen LogP contribution in [0.3, 0.4) is 0 Å². The van der Waals surface area contributed by atoms with Gasteiger partial charge in [0.05, 0.1) is 5.56 Å². The number of benzene rings is 2. The fraction of sp³-hybridized carbons (Fsp3) is 0.304. The number of phenolic OH excluding ortho intramolecular Hbond substituents is 8. The summed E-state index contributed by atoms with van der Waals surface area (Å²) in [6.07, 6.45) is -3.79. The molecule has 3 aromatic rings. The van der Waals surface area contributed by atoms with Crippen LogP contribution >= 0.6 is 11.3 Å². The Morgan fingerprint density at radius 3 is 1.89 bits per heavy atom. The minimum absolute atomic E-state index is 0.159. The van der Waals surface area contributed by atoms with Gasteiger partial charge in [-0.1, -0.05) is 0 Å². The highest BCUT2D eigenvalue weighted by Gasteiger charge is 2.47. The van der Waals surface area contributed by atoms with Crippen LogP contribution in [0.25, 0.3) is 0 Å². The molecule has 0 aliphatic heterocycles. The standard InChI is InChI=1S/C23H28N4O16S/c1-5-8(13(31)17(35)16(34)10(5)28)18(43-2)23(41,42)27-21(37,38)3-6-11(29)14(32)9(15(33)12(6)30)26-19(36)22(39,40)7-4-44-20(24)25-7/h4,18,27-35,37-42H,3H2,1-2H3,(H2,24,25)(H,26,36).